The van der Waals surface area contributed by atoms with E-state index in [9.17, 15) is 10.2 Å². The van der Waals surface area contributed by atoms with E-state index in [1.807, 2.05) is 42.5 Å². The molecular formula is C24H25N5O2. The summed E-state index contributed by atoms with van der Waals surface area (Å²) < 4.78 is 1.77. The lowest BCUT2D eigenvalue weighted by atomic mass is 9.71. The first-order valence-electron chi connectivity index (χ1n) is 10.5. The molecule has 7 nitrogen and oxygen atoms in total. The van der Waals surface area contributed by atoms with Crippen LogP contribution < -0.4 is 5.73 Å². The van der Waals surface area contributed by atoms with Crippen molar-refractivity contribution in [2.24, 2.45) is 17.6 Å². The van der Waals surface area contributed by atoms with Gasteiger partial charge in [0.15, 0.2) is 5.82 Å². The number of aliphatic hydroxyl groups excluding tert-OH is 2. The average Bonchev–Trinajstić information content (AvgIpc) is 3.22. The Morgan fingerprint density at radius 2 is 1.87 bits per heavy atom. The molecule has 1 saturated carbocycles. The molecule has 7 heteroatoms. The Labute approximate surface area is 180 Å². The van der Waals surface area contributed by atoms with Gasteiger partial charge in [0.1, 0.15) is 0 Å². The third kappa shape index (κ3) is 3.72. The molecule has 0 spiro atoms. The van der Waals surface area contributed by atoms with Gasteiger partial charge in [-0.3, -0.25) is 4.98 Å². The Hall–Kier alpha value is -3.13. The average molecular weight is 415 g/mol. The number of rotatable bonds is 6. The number of fused-ring (bicyclic) bond motifs is 1. The maximum absolute atomic E-state index is 9.40. The summed E-state index contributed by atoms with van der Waals surface area (Å²) in [6.07, 6.45) is 3.71. The fourth-order valence-electron chi connectivity index (χ4n) is 4.30. The van der Waals surface area contributed by atoms with Crippen LogP contribution in [0.2, 0.25) is 0 Å². The highest BCUT2D eigenvalue weighted by molar-refractivity contribution is 5.84. The molecule has 0 amide bonds. The number of hydrogen-bond acceptors (Lipinski definition) is 6. The molecule has 1 atom stereocenters. The van der Waals surface area contributed by atoms with Crippen LogP contribution in [0, 0.1) is 11.8 Å². The standard InChI is InChI=1S/C24H25N5O2/c25-24(18-9-15(10-18)13-30)21-5-2-4-20(28-21)16-7-8-17-12-26-29(22(17)11-16)23-6-1-3-19(14-31)27-23/h1-8,11-12,15,18,24,30-31H,9-10,13-14,25H2/t15?,18?,24-/m1/s1. The molecule has 0 radical (unpaired) electrons. The molecule has 0 unspecified atom stereocenters. The van der Waals surface area contributed by atoms with Crippen LogP contribution in [0.4, 0.5) is 0 Å². The Balaban J connectivity index is 1.48. The molecule has 31 heavy (non-hydrogen) atoms. The Kier molecular flexibility index (Phi) is 5.23. The molecule has 4 N–H and O–H groups in total. The third-order valence-corrected chi connectivity index (χ3v) is 6.19. The van der Waals surface area contributed by atoms with E-state index in [4.69, 9.17) is 10.7 Å². The molecule has 3 heterocycles. The van der Waals surface area contributed by atoms with Gasteiger partial charge in [-0.1, -0.05) is 24.3 Å². The molecule has 4 aromatic rings. The van der Waals surface area contributed by atoms with Gasteiger partial charge in [-0.25, -0.2) is 9.67 Å². The van der Waals surface area contributed by atoms with E-state index in [1.54, 1.807) is 16.9 Å². The number of hydrogen-bond donors (Lipinski definition) is 3. The normalized spacial score (nSPS) is 19.3. The molecule has 1 aliphatic carbocycles. The first-order chi connectivity index (χ1) is 15.2. The van der Waals surface area contributed by atoms with Crippen molar-refractivity contribution < 1.29 is 10.2 Å². The zero-order valence-electron chi connectivity index (χ0n) is 17.1. The molecule has 1 aromatic carbocycles. The van der Waals surface area contributed by atoms with Gasteiger partial charge in [-0.2, -0.15) is 5.10 Å². The van der Waals surface area contributed by atoms with Gasteiger partial charge < -0.3 is 15.9 Å². The number of nitrogens with two attached hydrogens (primary N) is 1. The van der Waals surface area contributed by atoms with Gasteiger partial charge in [-0.15, -0.1) is 0 Å². The van der Waals surface area contributed by atoms with Crippen LogP contribution in [0.25, 0.3) is 28.0 Å². The van der Waals surface area contributed by atoms with Crippen molar-refractivity contribution in [3.8, 4) is 17.1 Å². The molecule has 0 saturated heterocycles. The second kappa shape index (κ2) is 8.19. The summed E-state index contributed by atoms with van der Waals surface area (Å²) >= 11 is 0. The van der Waals surface area contributed by atoms with E-state index < -0.39 is 0 Å². The molecule has 1 fully saturated rings. The summed E-state index contributed by atoms with van der Waals surface area (Å²) in [6.45, 7) is 0.121. The molecule has 0 bridgehead atoms. The minimum Gasteiger partial charge on any atom is -0.396 e. The first-order valence-corrected chi connectivity index (χ1v) is 10.5. The molecule has 1 aliphatic rings. The molecule has 0 aliphatic heterocycles. The summed E-state index contributed by atoms with van der Waals surface area (Å²) in [6, 6.07) is 17.5. The van der Waals surface area contributed by atoms with E-state index >= 15 is 0 Å². The maximum Gasteiger partial charge on any atom is 0.154 e. The fourth-order valence-corrected chi connectivity index (χ4v) is 4.30. The molecule has 158 valence electrons. The van der Waals surface area contributed by atoms with Crippen molar-refractivity contribution in [2.75, 3.05) is 6.61 Å². The van der Waals surface area contributed by atoms with Gasteiger partial charge >= 0.3 is 0 Å². The smallest absolute Gasteiger partial charge is 0.154 e. The Morgan fingerprint density at radius 1 is 1.03 bits per heavy atom. The van der Waals surface area contributed by atoms with Gasteiger partial charge in [0.05, 0.1) is 35.4 Å². The van der Waals surface area contributed by atoms with E-state index in [2.05, 4.69) is 16.1 Å². The van der Waals surface area contributed by atoms with Crippen molar-refractivity contribution in [3.05, 3.63) is 72.2 Å². The van der Waals surface area contributed by atoms with Crippen molar-refractivity contribution in [1.29, 1.82) is 0 Å². The minimum absolute atomic E-state index is 0.116. The van der Waals surface area contributed by atoms with Gasteiger partial charge in [0.25, 0.3) is 0 Å². The molecule has 5 rings (SSSR count). The topological polar surface area (TPSA) is 110 Å². The van der Waals surface area contributed by atoms with E-state index in [-0.39, 0.29) is 19.3 Å². The lowest BCUT2D eigenvalue weighted by Crippen LogP contribution is -2.35. The molecular weight excluding hydrogens is 390 g/mol. The van der Waals surface area contributed by atoms with Crippen LogP contribution >= 0.6 is 0 Å². The summed E-state index contributed by atoms with van der Waals surface area (Å²) in [5.41, 5.74) is 10.7. The van der Waals surface area contributed by atoms with Crippen LogP contribution in [0.15, 0.2) is 60.8 Å². The zero-order valence-corrected chi connectivity index (χ0v) is 17.1. The van der Waals surface area contributed by atoms with E-state index in [0.29, 0.717) is 23.3 Å². The van der Waals surface area contributed by atoms with E-state index in [0.717, 1.165) is 40.7 Å². The second-order valence-corrected chi connectivity index (χ2v) is 8.23. The highest BCUT2D eigenvalue weighted by Gasteiger charge is 2.34. The monoisotopic (exact) mass is 415 g/mol. The summed E-state index contributed by atoms with van der Waals surface area (Å²) in [7, 11) is 0. The quantitative estimate of drug-likeness (QED) is 0.447. The zero-order chi connectivity index (χ0) is 21.4. The lowest BCUT2D eigenvalue weighted by Gasteiger charge is -2.37. The van der Waals surface area contributed by atoms with Crippen molar-refractivity contribution in [2.45, 2.75) is 25.5 Å². The summed E-state index contributed by atoms with van der Waals surface area (Å²) in [5, 5.41) is 24.2. The van der Waals surface area contributed by atoms with Crippen LogP contribution in [0.3, 0.4) is 0 Å². The summed E-state index contributed by atoms with van der Waals surface area (Å²) in [5.74, 6) is 1.40. The first kappa shape index (κ1) is 19.8. The molecule has 3 aromatic heterocycles. The Bertz CT molecular complexity index is 1220. The van der Waals surface area contributed by atoms with Crippen LogP contribution in [0.1, 0.15) is 30.3 Å². The largest absolute Gasteiger partial charge is 0.396 e. The predicted octanol–water partition coefficient (Wildman–Crippen LogP) is 2.99. The maximum atomic E-state index is 9.40. The van der Waals surface area contributed by atoms with Crippen molar-refractivity contribution in [3.63, 3.8) is 0 Å². The second-order valence-electron chi connectivity index (χ2n) is 8.23. The Morgan fingerprint density at radius 3 is 2.68 bits per heavy atom. The van der Waals surface area contributed by atoms with Crippen molar-refractivity contribution in [1.82, 2.24) is 19.7 Å². The number of pyridine rings is 2. The van der Waals surface area contributed by atoms with Gasteiger partial charge in [0, 0.05) is 23.6 Å². The van der Waals surface area contributed by atoms with Crippen LogP contribution in [-0.2, 0) is 6.61 Å². The van der Waals surface area contributed by atoms with Crippen molar-refractivity contribution >= 4 is 10.9 Å². The fraction of sp³-hybridized carbons (Fsp3) is 0.292. The van der Waals surface area contributed by atoms with E-state index in [1.165, 1.54) is 0 Å². The number of nitrogens with zero attached hydrogens (tertiary/aromatic N) is 4. The number of aliphatic hydroxyl groups is 2. The lowest BCUT2D eigenvalue weighted by molar-refractivity contribution is 0.0906. The third-order valence-electron chi connectivity index (χ3n) is 6.19. The number of aromatic nitrogens is 4. The summed E-state index contributed by atoms with van der Waals surface area (Å²) in [4.78, 5) is 9.32. The number of benzene rings is 1. The van der Waals surface area contributed by atoms with Crippen LogP contribution in [0.5, 0.6) is 0 Å². The van der Waals surface area contributed by atoms with Crippen LogP contribution in [-0.4, -0.2) is 36.6 Å². The highest BCUT2D eigenvalue weighted by Crippen LogP contribution is 2.40. The van der Waals surface area contributed by atoms with Gasteiger partial charge in [-0.05, 0) is 55.0 Å². The SMILES string of the molecule is N[C@@H](c1cccc(-c2ccc3cnn(-c4cccc(CO)n4)c3c2)n1)C1CC(CO)C1. The predicted molar refractivity (Wildman–Crippen MR) is 118 cm³/mol. The van der Waals surface area contributed by atoms with Gasteiger partial charge in [0.2, 0.25) is 0 Å². The minimum atomic E-state index is -0.123. The highest BCUT2D eigenvalue weighted by atomic mass is 16.3.